The highest BCUT2D eigenvalue weighted by Crippen LogP contribution is 2.65. The number of carbonyl (C=O) groups is 3. The molecule has 3 aliphatic rings. The third kappa shape index (κ3) is 5.42. The van der Waals surface area contributed by atoms with Crippen molar-refractivity contribution in [2.75, 3.05) is 42.6 Å². The number of hydrogen-bond acceptors (Lipinski definition) is 6. The maximum Gasteiger partial charge on any atom is 0.253 e. The van der Waals surface area contributed by atoms with E-state index in [0.717, 1.165) is 5.56 Å². The monoisotopic (exact) mass is 649 g/mol. The van der Waals surface area contributed by atoms with Crippen molar-refractivity contribution in [1.29, 1.82) is 0 Å². The number of carbonyl (C=O) groups excluding carboxylic acids is 3. The number of likely N-dealkylation sites (tertiary alicyclic amines) is 1. The molecule has 10 heteroatoms. The molecule has 3 heterocycles. The minimum absolute atomic E-state index is 0.145. The van der Waals surface area contributed by atoms with E-state index < -0.39 is 29.1 Å². The highest BCUT2D eigenvalue weighted by Gasteiger charge is 2.79. The summed E-state index contributed by atoms with van der Waals surface area (Å²) < 4.78 is 12.6. The van der Waals surface area contributed by atoms with Crippen LogP contribution in [0.2, 0.25) is 5.02 Å². The van der Waals surface area contributed by atoms with Crippen LogP contribution in [0.3, 0.4) is 0 Å². The van der Waals surface area contributed by atoms with Crippen LogP contribution in [-0.2, 0) is 19.1 Å². The van der Waals surface area contributed by atoms with E-state index >= 15 is 0 Å². The van der Waals surface area contributed by atoms with Crippen LogP contribution in [0.25, 0.3) is 0 Å². The SMILES string of the molecule is C=CCN(C(=O)[C@H]1[C@H]2C(=O)N(CCCO)C(C(=O)N(CC=C)c3c(C)cccc3Cl)C23CC[C@]1(CC)O3)c1ccc(OCC)cc1. The maximum atomic E-state index is 14.9. The molecule has 0 saturated carbocycles. The summed E-state index contributed by atoms with van der Waals surface area (Å²) in [6.45, 7) is 14.4. The molecule has 5 rings (SSSR count). The van der Waals surface area contributed by atoms with Crippen molar-refractivity contribution in [2.24, 2.45) is 11.8 Å². The molecule has 5 atom stereocenters. The first-order valence-corrected chi connectivity index (χ1v) is 16.5. The van der Waals surface area contributed by atoms with Gasteiger partial charge in [0.15, 0.2) is 0 Å². The fourth-order valence-electron chi connectivity index (χ4n) is 7.90. The molecule has 1 N–H and O–H groups in total. The third-order valence-corrected chi connectivity index (χ3v) is 10.1. The van der Waals surface area contributed by atoms with Gasteiger partial charge >= 0.3 is 0 Å². The number of hydrogen-bond donors (Lipinski definition) is 1. The molecule has 3 saturated heterocycles. The third-order valence-electron chi connectivity index (χ3n) is 9.81. The molecular weight excluding hydrogens is 606 g/mol. The van der Waals surface area contributed by atoms with Crippen LogP contribution in [0.1, 0.15) is 45.1 Å². The molecule has 2 aromatic carbocycles. The van der Waals surface area contributed by atoms with Crippen LogP contribution in [0.5, 0.6) is 5.75 Å². The summed E-state index contributed by atoms with van der Waals surface area (Å²) in [7, 11) is 0. The number of nitrogens with zero attached hydrogens (tertiary/aromatic N) is 3. The number of anilines is 2. The van der Waals surface area contributed by atoms with E-state index in [1.54, 1.807) is 28.0 Å². The molecule has 9 nitrogen and oxygen atoms in total. The minimum atomic E-state index is -1.23. The number of halogens is 1. The van der Waals surface area contributed by atoms with Gasteiger partial charge in [0.25, 0.3) is 5.91 Å². The quantitative estimate of drug-likeness (QED) is 0.278. The molecule has 46 heavy (non-hydrogen) atoms. The first-order valence-electron chi connectivity index (χ1n) is 16.1. The molecule has 0 aliphatic carbocycles. The molecule has 0 radical (unpaired) electrons. The number of benzene rings is 2. The van der Waals surface area contributed by atoms with Crippen molar-refractivity contribution in [3.05, 3.63) is 78.4 Å². The lowest BCUT2D eigenvalue weighted by molar-refractivity contribution is -0.146. The highest BCUT2D eigenvalue weighted by atomic mass is 35.5. The maximum absolute atomic E-state index is 14.9. The summed E-state index contributed by atoms with van der Waals surface area (Å²) in [4.78, 5) is 49.0. The van der Waals surface area contributed by atoms with Gasteiger partial charge in [-0.2, -0.15) is 0 Å². The zero-order chi connectivity index (χ0) is 33.2. The van der Waals surface area contributed by atoms with Crippen molar-refractivity contribution >= 4 is 40.7 Å². The van der Waals surface area contributed by atoms with Crippen molar-refractivity contribution in [1.82, 2.24) is 4.90 Å². The number of ether oxygens (including phenoxy) is 2. The van der Waals surface area contributed by atoms with Gasteiger partial charge in [-0.3, -0.25) is 14.4 Å². The smallest absolute Gasteiger partial charge is 0.253 e. The Balaban J connectivity index is 1.60. The average molecular weight is 650 g/mol. The summed E-state index contributed by atoms with van der Waals surface area (Å²) in [5.41, 5.74) is -0.159. The Morgan fingerprint density at radius 1 is 1.09 bits per heavy atom. The fourth-order valence-corrected chi connectivity index (χ4v) is 8.22. The van der Waals surface area contributed by atoms with Gasteiger partial charge in [-0.1, -0.05) is 42.8 Å². The van der Waals surface area contributed by atoms with Crippen LogP contribution in [-0.4, -0.2) is 77.8 Å². The van der Waals surface area contributed by atoms with E-state index in [0.29, 0.717) is 48.0 Å². The van der Waals surface area contributed by atoms with Crippen molar-refractivity contribution in [3.8, 4) is 5.75 Å². The summed E-state index contributed by atoms with van der Waals surface area (Å²) in [6.07, 6.45) is 5.03. The molecule has 2 bridgehead atoms. The van der Waals surface area contributed by atoms with E-state index in [4.69, 9.17) is 21.1 Å². The first-order chi connectivity index (χ1) is 22.1. The van der Waals surface area contributed by atoms with Gasteiger partial charge in [0.2, 0.25) is 11.8 Å². The zero-order valence-corrected chi connectivity index (χ0v) is 27.7. The second-order valence-corrected chi connectivity index (χ2v) is 12.7. The van der Waals surface area contributed by atoms with E-state index in [-0.39, 0.29) is 50.4 Å². The van der Waals surface area contributed by atoms with Crippen LogP contribution in [0, 0.1) is 18.8 Å². The number of aryl methyl sites for hydroxylation is 1. The lowest BCUT2D eigenvalue weighted by Crippen LogP contribution is -2.57. The summed E-state index contributed by atoms with van der Waals surface area (Å²) in [5, 5.41) is 10.2. The number of rotatable bonds is 14. The Morgan fingerprint density at radius 2 is 1.78 bits per heavy atom. The standard InChI is InChI=1S/C36H44ClN3O6/c1-6-20-38(25-14-16-26(17-15-25)45-9-4)32(42)28-29-33(43)40(22-11-23-41)31(36(29)19-18-35(28,8-3)46-36)34(44)39(21-7-2)30-24(5)12-10-13-27(30)37/h6-7,10,12-17,28-29,31,41H,1-2,8-9,11,18-23H2,3-5H3/t28-,29+,31?,35+,36?/m1/s1. The summed E-state index contributed by atoms with van der Waals surface area (Å²) >= 11 is 6.67. The molecule has 1 spiro atoms. The van der Waals surface area contributed by atoms with Gasteiger partial charge in [0, 0.05) is 31.9 Å². The molecule has 0 aromatic heterocycles. The largest absolute Gasteiger partial charge is 0.494 e. The molecule has 246 valence electrons. The van der Waals surface area contributed by atoms with Crippen LogP contribution >= 0.6 is 11.6 Å². The van der Waals surface area contributed by atoms with E-state index in [1.165, 1.54) is 4.90 Å². The number of amides is 3. The second kappa shape index (κ2) is 13.6. The Morgan fingerprint density at radius 3 is 2.39 bits per heavy atom. The predicted octanol–water partition coefficient (Wildman–Crippen LogP) is 5.32. The highest BCUT2D eigenvalue weighted by molar-refractivity contribution is 6.34. The van der Waals surface area contributed by atoms with Crippen LogP contribution in [0.4, 0.5) is 11.4 Å². The van der Waals surface area contributed by atoms with Gasteiger partial charge in [-0.15, -0.1) is 13.2 Å². The lowest BCUT2D eigenvalue weighted by Gasteiger charge is -2.37. The Labute approximate surface area is 276 Å². The topological polar surface area (TPSA) is 99.6 Å². The molecular formula is C36H44ClN3O6. The van der Waals surface area contributed by atoms with Gasteiger partial charge in [-0.05, 0) is 75.4 Å². The molecule has 2 aromatic rings. The predicted molar refractivity (Wildman–Crippen MR) is 179 cm³/mol. The molecule has 3 fully saturated rings. The number of aliphatic hydroxyl groups is 1. The van der Waals surface area contributed by atoms with E-state index in [9.17, 15) is 19.5 Å². The Hall–Kier alpha value is -3.66. The number of fused-ring (bicyclic) bond motifs is 1. The van der Waals surface area contributed by atoms with Crippen LogP contribution < -0.4 is 14.5 Å². The van der Waals surface area contributed by atoms with E-state index in [2.05, 4.69) is 13.2 Å². The summed E-state index contributed by atoms with van der Waals surface area (Å²) in [6, 6.07) is 11.7. The molecule has 3 amide bonds. The van der Waals surface area contributed by atoms with Gasteiger partial charge < -0.3 is 29.3 Å². The second-order valence-electron chi connectivity index (χ2n) is 12.2. The van der Waals surface area contributed by atoms with Gasteiger partial charge in [0.05, 0.1) is 34.8 Å². The Kier molecular flexibility index (Phi) is 9.96. The van der Waals surface area contributed by atoms with Gasteiger partial charge in [0.1, 0.15) is 17.4 Å². The Bertz CT molecular complexity index is 1480. The fraction of sp³-hybridized carbons (Fsp3) is 0.472. The minimum Gasteiger partial charge on any atom is -0.494 e. The number of para-hydroxylation sites is 1. The molecule has 2 unspecified atom stereocenters. The first kappa shape index (κ1) is 33.7. The number of aliphatic hydroxyl groups excluding tert-OH is 1. The molecule has 3 aliphatic heterocycles. The van der Waals surface area contributed by atoms with Crippen molar-refractivity contribution < 1.29 is 29.0 Å². The van der Waals surface area contributed by atoms with Crippen molar-refractivity contribution in [3.63, 3.8) is 0 Å². The summed E-state index contributed by atoms with van der Waals surface area (Å²) in [5.74, 6) is -1.91. The average Bonchev–Trinajstić information content (AvgIpc) is 3.65. The zero-order valence-electron chi connectivity index (χ0n) is 26.9. The normalized spacial score (nSPS) is 26.2. The van der Waals surface area contributed by atoms with Crippen LogP contribution in [0.15, 0.2) is 67.8 Å². The van der Waals surface area contributed by atoms with Crippen molar-refractivity contribution in [2.45, 2.75) is 63.7 Å². The van der Waals surface area contributed by atoms with Gasteiger partial charge in [-0.25, -0.2) is 0 Å². The van der Waals surface area contributed by atoms with E-state index in [1.807, 2.05) is 57.2 Å². The lowest BCUT2D eigenvalue weighted by atomic mass is 9.64.